The van der Waals surface area contributed by atoms with Crippen molar-refractivity contribution in [2.24, 2.45) is 0 Å². The normalized spacial score (nSPS) is 25.4. The van der Waals surface area contributed by atoms with Crippen LogP contribution in [0.3, 0.4) is 0 Å². The Labute approximate surface area is 96.8 Å². The number of nitrogens with one attached hydrogen (secondary N) is 1. The fraction of sp³-hybridized carbons (Fsp3) is 0.538. The molecule has 0 aromatic heterocycles. The summed E-state index contributed by atoms with van der Waals surface area (Å²) in [6.07, 6.45) is 0.433. The highest BCUT2D eigenvalue weighted by atomic mass is 16.5. The molecule has 0 bridgehead atoms. The lowest BCUT2D eigenvalue weighted by molar-refractivity contribution is -0.0471. The van der Waals surface area contributed by atoms with Gasteiger partial charge in [-0.2, -0.15) is 0 Å². The van der Waals surface area contributed by atoms with Crippen LogP contribution in [0.2, 0.25) is 0 Å². The lowest BCUT2D eigenvalue weighted by Gasteiger charge is -2.28. The van der Waals surface area contributed by atoms with E-state index in [1.807, 2.05) is 18.2 Å². The molecule has 3 nitrogen and oxygen atoms in total. The van der Waals surface area contributed by atoms with Crippen molar-refractivity contribution in [3.63, 3.8) is 0 Å². The Balaban J connectivity index is 1.85. The van der Waals surface area contributed by atoms with Crippen molar-refractivity contribution in [3.8, 4) is 5.75 Å². The molecule has 2 rings (SSSR count). The van der Waals surface area contributed by atoms with Crippen molar-refractivity contribution in [1.82, 2.24) is 5.32 Å². The van der Waals surface area contributed by atoms with Gasteiger partial charge in [-0.05, 0) is 25.5 Å². The summed E-state index contributed by atoms with van der Waals surface area (Å²) in [7, 11) is 0. The third kappa shape index (κ3) is 2.97. The summed E-state index contributed by atoms with van der Waals surface area (Å²) in [4.78, 5) is 0. The van der Waals surface area contributed by atoms with Gasteiger partial charge in [0, 0.05) is 13.1 Å². The van der Waals surface area contributed by atoms with E-state index in [1.54, 1.807) is 0 Å². The number of hydrogen-bond donors (Lipinski definition) is 1. The minimum Gasteiger partial charge on any atom is -0.491 e. The summed E-state index contributed by atoms with van der Waals surface area (Å²) in [5.41, 5.74) is 1.17. The molecule has 0 amide bonds. The van der Waals surface area contributed by atoms with Gasteiger partial charge in [-0.3, -0.25) is 0 Å². The van der Waals surface area contributed by atoms with Gasteiger partial charge in [0.05, 0.1) is 6.10 Å². The molecule has 16 heavy (non-hydrogen) atoms. The van der Waals surface area contributed by atoms with E-state index in [1.165, 1.54) is 5.56 Å². The number of morpholine rings is 1. The minimum atomic E-state index is 0.156. The van der Waals surface area contributed by atoms with E-state index in [2.05, 4.69) is 25.2 Å². The predicted octanol–water partition coefficient (Wildman–Crippen LogP) is 1.75. The molecule has 1 aromatic carbocycles. The van der Waals surface area contributed by atoms with E-state index in [-0.39, 0.29) is 12.2 Å². The maximum atomic E-state index is 5.76. The fourth-order valence-electron chi connectivity index (χ4n) is 1.87. The molecular weight excluding hydrogens is 202 g/mol. The molecule has 2 atom stereocenters. The Bertz CT molecular complexity index is 340. The molecule has 1 aromatic rings. The third-order valence-corrected chi connectivity index (χ3v) is 2.75. The number of para-hydroxylation sites is 1. The molecule has 3 heteroatoms. The summed E-state index contributed by atoms with van der Waals surface area (Å²) in [5, 5.41) is 3.33. The first-order valence-corrected chi connectivity index (χ1v) is 5.80. The van der Waals surface area contributed by atoms with E-state index in [0.29, 0.717) is 6.61 Å². The maximum Gasteiger partial charge on any atom is 0.122 e. The molecule has 88 valence electrons. The fourth-order valence-corrected chi connectivity index (χ4v) is 1.87. The average molecular weight is 221 g/mol. The van der Waals surface area contributed by atoms with Crippen molar-refractivity contribution >= 4 is 0 Å². The predicted molar refractivity (Wildman–Crippen MR) is 63.9 cm³/mol. The van der Waals surface area contributed by atoms with Gasteiger partial charge in [0.15, 0.2) is 0 Å². The molecule has 0 unspecified atom stereocenters. The molecule has 1 heterocycles. The zero-order valence-electron chi connectivity index (χ0n) is 9.90. The second-order valence-corrected chi connectivity index (χ2v) is 4.30. The molecule has 0 saturated carbocycles. The van der Waals surface area contributed by atoms with Gasteiger partial charge in [0.25, 0.3) is 0 Å². The molecule has 1 aliphatic rings. The van der Waals surface area contributed by atoms with Gasteiger partial charge in [0.2, 0.25) is 0 Å². The Morgan fingerprint density at radius 1 is 1.38 bits per heavy atom. The molecule has 1 fully saturated rings. The number of hydrogen-bond acceptors (Lipinski definition) is 3. The van der Waals surface area contributed by atoms with Crippen LogP contribution in [0, 0.1) is 6.92 Å². The zero-order valence-corrected chi connectivity index (χ0v) is 9.90. The summed E-state index contributed by atoms with van der Waals surface area (Å²) in [5.74, 6) is 0.948. The van der Waals surface area contributed by atoms with Crippen LogP contribution < -0.4 is 10.1 Å². The van der Waals surface area contributed by atoms with E-state index >= 15 is 0 Å². The second kappa shape index (κ2) is 5.32. The molecule has 0 spiro atoms. The minimum absolute atomic E-state index is 0.156. The van der Waals surface area contributed by atoms with E-state index in [0.717, 1.165) is 18.8 Å². The summed E-state index contributed by atoms with van der Waals surface area (Å²) >= 11 is 0. The first-order valence-electron chi connectivity index (χ1n) is 5.80. The number of ether oxygens (including phenoxy) is 2. The van der Waals surface area contributed by atoms with E-state index < -0.39 is 0 Å². The Hall–Kier alpha value is -1.06. The van der Waals surface area contributed by atoms with Crippen LogP contribution in [0.25, 0.3) is 0 Å². The Kier molecular flexibility index (Phi) is 3.80. The summed E-state index contributed by atoms with van der Waals surface area (Å²) < 4.78 is 11.5. The monoisotopic (exact) mass is 221 g/mol. The third-order valence-electron chi connectivity index (χ3n) is 2.75. The lowest BCUT2D eigenvalue weighted by atomic mass is 10.2. The van der Waals surface area contributed by atoms with Crippen LogP contribution in [-0.4, -0.2) is 31.9 Å². The van der Waals surface area contributed by atoms with Gasteiger partial charge in [0.1, 0.15) is 18.5 Å². The molecule has 0 aliphatic carbocycles. The van der Waals surface area contributed by atoms with Crippen molar-refractivity contribution in [3.05, 3.63) is 29.8 Å². The largest absolute Gasteiger partial charge is 0.491 e. The van der Waals surface area contributed by atoms with Crippen LogP contribution >= 0.6 is 0 Å². The Morgan fingerprint density at radius 3 is 2.94 bits per heavy atom. The van der Waals surface area contributed by atoms with Crippen molar-refractivity contribution in [2.45, 2.75) is 26.1 Å². The first kappa shape index (κ1) is 11.4. The lowest BCUT2D eigenvalue weighted by Crippen LogP contribution is -2.45. The Morgan fingerprint density at radius 2 is 2.19 bits per heavy atom. The van der Waals surface area contributed by atoms with Crippen LogP contribution in [0.4, 0.5) is 0 Å². The first-order chi connectivity index (χ1) is 7.75. The number of rotatable bonds is 3. The van der Waals surface area contributed by atoms with Gasteiger partial charge < -0.3 is 14.8 Å². The van der Waals surface area contributed by atoms with E-state index in [9.17, 15) is 0 Å². The van der Waals surface area contributed by atoms with Crippen LogP contribution in [0.15, 0.2) is 24.3 Å². The highest BCUT2D eigenvalue weighted by Crippen LogP contribution is 2.17. The standard InChI is InChI=1S/C13H19NO2/c1-10-5-3-4-6-13(10)15-9-12-8-14-7-11(2)16-12/h3-6,11-12,14H,7-9H2,1-2H3/t11-,12-/m1/s1. The summed E-state index contributed by atoms with van der Waals surface area (Å²) in [6.45, 7) is 6.55. The van der Waals surface area contributed by atoms with Crippen molar-refractivity contribution in [2.75, 3.05) is 19.7 Å². The van der Waals surface area contributed by atoms with Gasteiger partial charge >= 0.3 is 0 Å². The zero-order chi connectivity index (χ0) is 11.4. The number of benzene rings is 1. The summed E-state index contributed by atoms with van der Waals surface area (Å²) in [6, 6.07) is 8.06. The molecule has 0 radical (unpaired) electrons. The highest BCUT2D eigenvalue weighted by Gasteiger charge is 2.19. The molecule has 1 N–H and O–H groups in total. The SMILES string of the molecule is Cc1ccccc1OC[C@H]1CNC[C@@H](C)O1. The smallest absolute Gasteiger partial charge is 0.122 e. The average Bonchev–Trinajstić information content (AvgIpc) is 2.28. The highest BCUT2D eigenvalue weighted by molar-refractivity contribution is 5.31. The van der Waals surface area contributed by atoms with Gasteiger partial charge in [-0.15, -0.1) is 0 Å². The van der Waals surface area contributed by atoms with Crippen LogP contribution in [0.1, 0.15) is 12.5 Å². The van der Waals surface area contributed by atoms with Crippen molar-refractivity contribution in [1.29, 1.82) is 0 Å². The van der Waals surface area contributed by atoms with Gasteiger partial charge in [-0.1, -0.05) is 18.2 Å². The molecule has 1 saturated heterocycles. The molecular formula is C13H19NO2. The van der Waals surface area contributed by atoms with E-state index in [4.69, 9.17) is 9.47 Å². The topological polar surface area (TPSA) is 30.5 Å². The van der Waals surface area contributed by atoms with Crippen LogP contribution in [0.5, 0.6) is 5.75 Å². The van der Waals surface area contributed by atoms with Crippen LogP contribution in [-0.2, 0) is 4.74 Å². The molecule has 1 aliphatic heterocycles. The number of aryl methyl sites for hydroxylation is 1. The second-order valence-electron chi connectivity index (χ2n) is 4.30. The van der Waals surface area contributed by atoms with Gasteiger partial charge in [-0.25, -0.2) is 0 Å². The quantitative estimate of drug-likeness (QED) is 0.843. The maximum absolute atomic E-state index is 5.76. The van der Waals surface area contributed by atoms with Crippen molar-refractivity contribution < 1.29 is 9.47 Å².